The van der Waals surface area contributed by atoms with E-state index >= 15 is 0 Å². The molecule has 1 N–H and O–H groups in total. The van der Waals surface area contributed by atoms with Gasteiger partial charge in [-0.15, -0.1) is 11.3 Å². The third kappa shape index (κ3) is 3.83. The Labute approximate surface area is 146 Å². The Bertz CT molecular complexity index is 954. The second kappa shape index (κ2) is 6.98. The maximum absolute atomic E-state index is 13.7. The van der Waals surface area contributed by atoms with Crippen molar-refractivity contribution in [3.05, 3.63) is 65.0 Å². The molecule has 1 amide bonds. The molecule has 0 saturated heterocycles. The number of amides is 1. The molecule has 0 fully saturated rings. The van der Waals surface area contributed by atoms with E-state index in [0.29, 0.717) is 10.1 Å². The van der Waals surface area contributed by atoms with E-state index in [9.17, 15) is 18.4 Å². The highest BCUT2D eigenvalue weighted by molar-refractivity contribution is 7.20. The normalized spacial score (nSPS) is 12.0. The van der Waals surface area contributed by atoms with Gasteiger partial charge in [0.1, 0.15) is 16.5 Å². The average molecular weight is 361 g/mol. The predicted octanol–water partition coefficient (Wildman–Crippen LogP) is 4.36. The van der Waals surface area contributed by atoms with E-state index in [4.69, 9.17) is 4.74 Å². The van der Waals surface area contributed by atoms with Gasteiger partial charge in [-0.1, -0.05) is 12.1 Å². The summed E-state index contributed by atoms with van der Waals surface area (Å²) in [6.45, 7) is 1.40. The monoisotopic (exact) mass is 361 g/mol. The second-order valence-corrected chi connectivity index (χ2v) is 6.39. The molecule has 1 aromatic heterocycles. The van der Waals surface area contributed by atoms with E-state index in [1.807, 2.05) is 0 Å². The van der Waals surface area contributed by atoms with Crippen LogP contribution in [-0.2, 0) is 9.53 Å². The van der Waals surface area contributed by atoms with E-state index < -0.39 is 29.6 Å². The smallest absolute Gasteiger partial charge is 0.349 e. The zero-order chi connectivity index (χ0) is 18.0. The summed E-state index contributed by atoms with van der Waals surface area (Å²) < 4.78 is 32.5. The van der Waals surface area contributed by atoms with Gasteiger partial charge in [0.05, 0.1) is 0 Å². The molecule has 3 aromatic rings. The minimum atomic E-state index is -1.09. The molecule has 0 aliphatic carbocycles. The van der Waals surface area contributed by atoms with Gasteiger partial charge in [0.2, 0.25) is 0 Å². The van der Waals surface area contributed by atoms with Gasteiger partial charge in [-0.3, -0.25) is 4.79 Å². The third-order valence-corrected chi connectivity index (χ3v) is 4.53. The first-order chi connectivity index (χ1) is 11.9. The summed E-state index contributed by atoms with van der Waals surface area (Å²) in [6, 6.07) is 11.3. The van der Waals surface area contributed by atoms with Gasteiger partial charge in [-0.2, -0.15) is 0 Å². The van der Waals surface area contributed by atoms with E-state index in [-0.39, 0.29) is 10.6 Å². The molecule has 0 spiro atoms. The molecule has 0 radical (unpaired) electrons. The highest BCUT2D eigenvalue weighted by Crippen LogP contribution is 2.28. The zero-order valence-corrected chi connectivity index (χ0v) is 13.9. The van der Waals surface area contributed by atoms with Crippen molar-refractivity contribution in [1.82, 2.24) is 0 Å². The minimum absolute atomic E-state index is 0.200. The summed E-state index contributed by atoms with van der Waals surface area (Å²) in [5.74, 6) is -2.23. The maximum atomic E-state index is 13.7. The number of nitrogens with one attached hydrogen (secondary N) is 1. The number of carbonyl (C=O) groups is 2. The summed E-state index contributed by atoms with van der Waals surface area (Å²) in [5, 5.41) is 2.79. The van der Waals surface area contributed by atoms with Gasteiger partial charge in [0.15, 0.2) is 6.10 Å². The SMILES string of the molecule is C[C@H](OC(=O)c1cc2c(F)cccc2s1)C(=O)Nc1cccc(F)c1. The second-order valence-electron chi connectivity index (χ2n) is 5.31. The number of hydrogen-bond acceptors (Lipinski definition) is 4. The number of ether oxygens (including phenoxy) is 1. The number of hydrogen-bond donors (Lipinski definition) is 1. The minimum Gasteiger partial charge on any atom is -0.448 e. The molecule has 0 saturated carbocycles. The molecule has 128 valence electrons. The highest BCUT2D eigenvalue weighted by Gasteiger charge is 2.21. The Morgan fingerprint density at radius 3 is 2.60 bits per heavy atom. The van der Waals surface area contributed by atoms with Crippen molar-refractivity contribution in [3.8, 4) is 0 Å². The largest absolute Gasteiger partial charge is 0.448 e. The molecule has 1 heterocycles. The van der Waals surface area contributed by atoms with Crippen LogP contribution < -0.4 is 5.32 Å². The van der Waals surface area contributed by atoms with Crippen molar-refractivity contribution < 1.29 is 23.1 Å². The van der Waals surface area contributed by atoms with Crippen LogP contribution in [0.5, 0.6) is 0 Å². The lowest BCUT2D eigenvalue weighted by molar-refractivity contribution is -0.123. The van der Waals surface area contributed by atoms with Crippen LogP contribution in [0.4, 0.5) is 14.5 Å². The van der Waals surface area contributed by atoms with Crippen LogP contribution in [0.2, 0.25) is 0 Å². The van der Waals surface area contributed by atoms with Gasteiger partial charge in [0.25, 0.3) is 5.91 Å². The number of esters is 1. The van der Waals surface area contributed by atoms with Gasteiger partial charge >= 0.3 is 5.97 Å². The average Bonchev–Trinajstić information content (AvgIpc) is 3.00. The van der Waals surface area contributed by atoms with Crippen LogP contribution in [0.25, 0.3) is 10.1 Å². The fourth-order valence-electron chi connectivity index (χ4n) is 2.21. The van der Waals surface area contributed by atoms with Gasteiger partial charge in [-0.05, 0) is 43.3 Å². The van der Waals surface area contributed by atoms with Crippen molar-refractivity contribution in [2.75, 3.05) is 5.32 Å². The van der Waals surface area contributed by atoms with Gasteiger partial charge < -0.3 is 10.1 Å². The molecule has 25 heavy (non-hydrogen) atoms. The van der Waals surface area contributed by atoms with Crippen molar-refractivity contribution in [2.24, 2.45) is 0 Å². The van der Waals surface area contributed by atoms with Crippen LogP contribution in [0.15, 0.2) is 48.5 Å². The highest BCUT2D eigenvalue weighted by atomic mass is 32.1. The van der Waals surface area contributed by atoms with Crippen molar-refractivity contribution in [2.45, 2.75) is 13.0 Å². The quantitative estimate of drug-likeness (QED) is 0.703. The summed E-state index contributed by atoms with van der Waals surface area (Å²) >= 11 is 1.08. The molecule has 0 bridgehead atoms. The Kier molecular flexibility index (Phi) is 4.76. The van der Waals surface area contributed by atoms with Crippen LogP contribution >= 0.6 is 11.3 Å². The molecule has 7 heteroatoms. The van der Waals surface area contributed by atoms with Gasteiger partial charge in [0, 0.05) is 15.8 Å². The summed E-state index contributed by atoms with van der Waals surface area (Å²) in [7, 11) is 0. The molecule has 0 aliphatic heterocycles. The Balaban J connectivity index is 1.68. The first kappa shape index (κ1) is 17.0. The molecular formula is C18H13F2NO3S. The molecule has 0 aliphatic rings. The summed E-state index contributed by atoms with van der Waals surface area (Å²) in [5.41, 5.74) is 0.261. The maximum Gasteiger partial charge on any atom is 0.349 e. The fourth-order valence-corrected chi connectivity index (χ4v) is 3.17. The number of fused-ring (bicyclic) bond motifs is 1. The van der Waals surface area contributed by atoms with Gasteiger partial charge in [-0.25, -0.2) is 13.6 Å². The summed E-state index contributed by atoms with van der Waals surface area (Å²) in [4.78, 5) is 24.4. The first-order valence-corrected chi connectivity index (χ1v) is 8.21. The molecule has 1 atom stereocenters. The van der Waals surface area contributed by atoms with Crippen LogP contribution in [0.1, 0.15) is 16.6 Å². The first-order valence-electron chi connectivity index (χ1n) is 7.39. The predicted molar refractivity (Wildman–Crippen MR) is 91.7 cm³/mol. The van der Waals surface area contributed by atoms with Crippen molar-refractivity contribution in [1.29, 1.82) is 0 Å². The molecule has 2 aromatic carbocycles. The molecule has 4 nitrogen and oxygen atoms in total. The van der Waals surface area contributed by atoms with Crippen LogP contribution in [0.3, 0.4) is 0 Å². The number of halogens is 2. The lowest BCUT2D eigenvalue weighted by Crippen LogP contribution is -2.29. The topological polar surface area (TPSA) is 55.4 Å². The van der Waals surface area contributed by atoms with Crippen molar-refractivity contribution in [3.63, 3.8) is 0 Å². The number of rotatable bonds is 4. The Morgan fingerprint density at radius 2 is 1.88 bits per heavy atom. The number of thiophene rings is 1. The zero-order valence-electron chi connectivity index (χ0n) is 13.1. The van der Waals surface area contributed by atoms with Crippen molar-refractivity contribution >= 4 is 39.0 Å². The number of anilines is 1. The Hall–Kier alpha value is -2.80. The molecule has 0 unspecified atom stereocenters. The number of benzene rings is 2. The fraction of sp³-hybridized carbons (Fsp3) is 0.111. The van der Waals surface area contributed by atoms with E-state index in [2.05, 4.69) is 5.32 Å². The molecule has 3 rings (SSSR count). The third-order valence-electron chi connectivity index (χ3n) is 3.45. The lowest BCUT2D eigenvalue weighted by atomic mass is 10.2. The summed E-state index contributed by atoms with van der Waals surface area (Å²) in [6.07, 6.45) is -1.09. The van der Waals surface area contributed by atoms with E-state index in [1.165, 1.54) is 37.3 Å². The van der Waals surface area contributed by atoms with Crippen LogP contribution in [-0.4, -0.2) is 18.0 Å². The lowest BCUT2D eigenvalue weighted by Gasteiger charge is -2.13. The number of carbonyl (C=O) groups excluding carboxylic acids is 2. The van der Waals surface area contributed by atoms with Crippen LogP contribution in [0, 0.1) is 11.6 Å². The van der Waals surface area contributed by atoms with E-state index in [0.717, 1.165) is 17.4 Å². The Morgan fingerprint density at radius 1 is 1.12 bits per heavy atom. The standard InChI is InChI=1S/C18H13F2NO3S/c1-10(17(22)21-12-5-2-4-11(19)8-12)24-18(23)16-9-13-14(20)6-3-7-15(13)25-16/h2-10H,1H3,(H,21,22)/t10-/m0/s1. The molecular weight excluding hydrogens is 348 g/mol. The van der Waals surface area contributed by atoms with E-state index in [1.54, 1.807) is 12.1 Å².